The molecule has 0 saturated carbocycles. The van der Waals surface area contributed by atoms with Crippen molar-refractivity contribution in [1.29, 1.82) is 0 Å². The summed E-state index contributed by atoms with van der Waals surface area (Å²) in [5.74, 6) is -0.291. The molecular formula is C16H14N4O3S. The molecule has 122 valence electrons. The van der Waals surface area contributed by atoms with Crippen LogP contribution < -0.4 is 11.0 Å². The second-order valence-corrected chi connectivity index (χ2v) is 6.43. The Morgan fingerprint density at radius 1 is 1.12 bits per heavy atom. The van der Waals surface area contributed by atoms with Gasteiger partial charge in [-0.2, -0.15) is 0 Å². The van der Waals surface area contributed by atoms with Gasteiger partial charge in [-0.15, -0.1) is 5.10 Å². The quantitative estimate of drug-likeness (QED) is 0.655. The summed E-state index contributed by atoms with van der Waals surface area (Å²) in [5, 5.41) is 8.33. The lowest BCUT2D eigenvalue weighted by molar-refractivity contribution is 0.101. The van der Waals surface area contributed by atoms with Crippen LogP contribution in [0.15, 0.2) is 64.3 Å². The molecule has 3 N–H and O–H groups in total. The van der Waals surface area contributed by atoms with Gasteiger partial charge in [-0.3, -0.25) is 14.0 Å². The standard InChI is InChI=1S/C16H14N4O3S/c21-15(14-18-16(22)20-19-14)17-12-6-4-5-11(9-12)10-24(23)13-7-2-1-3-8-13/h1-9H,10H2,(H,17,21)(H2,18,19,20,22)/t24-/m0/s1. The van der Waals surface area contributed by atoms with Gasteiger partial charge >= 0.3 is 5.69 Å². The Balaban J connectivity index is 1.71. The minimum atomic E-state index is -1.17. The summed E-state index contributed by atoms with van der Waals surface area (Å²) >= 11 is 0. The van der Waals surface area contributed by atoms with Crippen molar-refractivity contribution in [1.82, 2.24) is 15.2 Å². The molecule has 0 aliphatic carbocycles. The summed E-state index contributed by atoms with van der Waals surface area (Å²) in [6.45, 7) is 0. The topological polar surface area (TPSA) is 108 Å². The van der Waals surface area contributed by atoms with Crippen molar-refractivity contribution in [2.24, 2.45) is 0 Å². The van der Waals surface area contributed by atoms with E-state index in [0.29, 0.717) is 11.4 Å². The molecule has 1 amide bonds. The summed E-state index contributed by atoms with van der Waals surface area (Å²) in [4.78, 5) is 26.0. The molecule has 0 saturated heterocycles. The van der Waals surface area contributed by atoms with Crippen molar-refractivity contribution in [3.63, 3.8) is 0 Å². The van der Waals surface area contributed by atoms with E-state index in [1.54, 1.807) is 18.2 Å². The highest BCUT2D eigenvalue weighted by Gasteiger charge is 2.11. The maximum atomic E-state index is 12.3. The summed E-state index contributed by atoms with van der Waals surface area (Å²) < 4.78 is 12.3. The van der Waals surface area contributed by atoms with E-state index < -0.39 is 22.4 Å². The van der Waals surface area contributed by atoms with Gasteiger partial charge in [0.1, 0.15) is 0 Å². The number of benzene rings is 2. The molecule has 0 aliphatic rings. The van der Waals surface area contributed by atoms with Crippen LogP contribution in [-0.4, -0.2) is 25.3 Å². The zero-order valence-corrected chi connectivity index (χ0v) is 13.3. The van der Waals surface area contributed by atoms with Crippen molar-refractivity contribution in [2.45, 2.75) is 10.6 Å². The second-order valence-electron chi connectivity index (χ2n) is 4.98. The van der Waals surface area contributed by atoms with Crippen LogP contribution in [-0.2, 0) is 16.6 Å². The minimum absolute atomic E-state index is 0.0988. The van der Waals surface area contributed by atoms with Crippen LogP contribution in [0, 0.1) is 0 Å². The van der Waals surface area contributed by atoms with Gasteiger partial charge in [0.15, 0.2) is 0 Å². The Bertz CT molecular complexity index is 934. The second kappa shape index (κ2) is 7.05. The van der Waals surface area contributed by atoms with E-state index in [-0.39, 0.29) is 5.82 Å². The third-order valence-electron chi connectivity index (χ3n) is 3.20. The molecule has 1 atom stereocenters. The van der Waals surface area contributed by atoms with Crippen LogP contribution in [0.1, 0.15) is 16.2 Å². The Hall–Kier alpha value is -3.00. The number of hydrogen-bond acceptors (Lipinski definition) is 4. The van der Waals surface area contributed by atoms with Gasteiger partial charge in [0.2, 0.25) is 5.82 Å². The van der Waals surface area contributed by atoms with Crippen molar-refractivity contribution in [2.75, 3.05) is 5.32 Å². The molecule has 0 aliphatic heterocycles. The molecule has 2 aromatic carbocycles. The monoisotopic (exact) mass is 342 g/mol. The molecule has 0 radical (unpaired) electrons. The lowest BCUT2D eigenvalue weighted by atomic mass is 10.2. The number of rotatable bonds is 5. The third kappa shape index (κ3) is 3.85. The van der Waals surface area contributed by atoms with Crippen LogP contribution in [0.25, 0.3) is 0 Å². The van der Waals surface area contributed by atoms with E-state index in [1.165, 1.54) is 0 Å². The molecule has 1 heterocycles. The van der Waals surface area contributed by atoms with Gasteiger partial charge in [0, 0.05) is 10.6 Å². The van der Waals surface area contributed by atoms with Crippen LogP contribution in [0.3, 0.4) is 0 Å². The summed E-state index contributed by atoms with van der Waals surface area (Å²) in [5.41, 5.74) is 0.809. The van der Waals surface area contributed by atoms with E-state index in [0.717, 1.165) is 10.5 Å². The van der Waals surface area contributed by atoms with Gasteiger partial charge in [0.05, 0.1) is 16.6 Å². The van der Waals surface area contributed by atoms with E-state index in [1.807, 2.05) is 36.4 Å². The van der Waals surface area contributed by atoms with E-state index in [9.17, 15) is 13.8 Å². The first-order valence-electron chi connectivity index (χ1n) is 7.10. The average molecular weight is 342 g/mol. The molecular weight excluding hydrogens is 328 g/mol. The number of H-pyrrole nitrogens is 2. The van der Waals surface area contributed by atoms with Crippen LogP contribution in [0.2, 0.25) is 0 Å². The van der Waals surface area contributed by atoms with Crippen LogP contribution in [0.4, 0.5) is 5.69 Å². The van der Waals surface area contributed by atoms with Gasteiger partial charge in [-0.05, 0) is 29.8 Å². The maximum Gasteiger partial charge on any atom is 0.341 e. The highest BCUT2D eigenvalue weighted by atomic mass is 32.2. The number of carbonyl (C=O) groups excluding carboxylic acids is 1. The van der Waals surface area contributed by atoms with E-state index in [2.05, 4.69) is 20.5 Å². The third-order valence-corrected chi connectivity index (χ3v) is 4.60. The molecule has 1 aromatic heterocycles. The summed E-state index contributed by atoms with van der Waals surface area (Å²) in [6, 6.07) is 16.2. The number of anilines is 1. The van der Waals surface area contributed by atoms with E-state index >= 15 is 0 Å². The predicted octanol–water partition coefficient (Wildman–Crippen LogP) is 1.66. The fraction of sp³-hybridized carbons (Fsp3) is 0.0625. The lowest BCUT2D eigenvalue weighted by Crippen LogP contribution is -2.15. The molecule has 7 nitrogen and oxygen atoms in total. The van der Waals surface area contributed by atoms with Crippen molar-refractivity contribution in [3.05, 3.63) is 76.5 Å². The number of nitrogens with zero attached hydrogens (tertiary/aromatic N) is 1. The SMILES string of the molecule is O=C(Nc1cccc(C[S@](=O)c2ccccc2)c1)c1n[nH]c(=O)[nH]1. The number of carbonyl (C=O) groups is 1. The Morgan fingerprint density at radius 3 is 2.62 bits per heavy atom. The Kier molecular flexibility index (Phi) is 4.66. The average Bonchev–Trinajstić information content (AvgIpc) is 3.02. The summed E-state index contributed by atoms with van der Waals surface area (Å²) in [6.07, 6.45) is 0. The largest absolute Gasteiger partial charge is 0.341 e. The highest BCUT2D eigenvalue weighted by molar-refractivity contribution is 7.84. The smallest absolute Gasteiger partial charge is 0.319 e. The van der Waals surface area contributed by atoms with Crippen LogP contribution >= 0.6 is 0 Å². The Labute approximate surface area is 139 Å². The molecule has 24 heavy (non-hydrogen) atoms. The van der Waals surface area contributed by atoms with Crippen molar-refractivity contribution in [3.8, 4) is 0 Å². The molecule has 8 heteroatoms. The zero-order valence-electron chi connectivity index (χ0n) is 12.5. The maximum absolute atomic E-state index is 12.3. The fourth-order valence-corrected chi connectivity index (χ4v) is 3.22. The van der Waals surface area contributed by atoms with E-state index in [4.69, 9.17) is 0 Å². The molecule has 3 rings (SSSR count). The predicted molar refractivity (Wildman–Crippen MR) is 90.2 cm³/mol. The number of nitrogens with one attached hydrogen (secondary N) is 3. The number of aromatic amines is 2. The number of amides is 1. The fourth-order valence-electron chi connectivity index (χ4n) is 2.11. The number of aromatic nitrogens is 3. The van der Waals surface area contributed by atoms with Gasteiger partial charge < -0.3 is 5.32 Å². The van der Waals surface area contributed by atoms with Crippen molar-refractivity contribution >= 4 is 22.4 Å². The normalized spacial score (nSPS) is 11.8. The summed E-state index contributed by atoms with van der Waals surface area (Å²) in [7, 11) is -1.17. The Morgan fingerprint density at radius 2 is 1.92 bits per heavy atom. The van der Waals surface area contributed by atoms with Gasteiger partial charge in [-0.1, -0.05) is 30.3 Å². The minimum Gasteiger partial charge on any atom is -0.319 e. The molecule has 3 aromatic rings. The van der Waals surface area contributed by atoms with Crippen molar-refractivity contribution < 1.29 is 9.00 Å². The lowest BCUT2D eigenvalue weighted by Gasteiger charge is -2.06. The van der Waals surface area contributed by atoms with Gasteiger partial charge in [0.25, 0.3) is 5.91 Å². The van der Waals surface area contributed by atoms with Gasteiger partial charge in [-0.25, -0.2) is 9.89 Å². The first kappa shape index (κ1) is 15.9. The first-order valence-corrected chi connectivity index (χ1v) is 8.42. The first-order chi connectivity index (χ1) is 11.6. The number of hydrogen-bond donors (Lipinski definition) is 3. The zero-order chi connectivity index (χ0) is 16.9. The molecule has 0 spiro atoms. The molecule has 0 unspecified atom stereocenters. The molecule has 0 bridgehead atoms. The molecule has 0 fully saturated rings. The van der Waals surface area contributed by atoms with Crippen LogP contribution in [0.5, 0.6) is 0 Å². The highest BCUT2D eigenvalue weighted by Crippen LogP contribution is 2.16.